The van der Waals surface area contributed by atoms with Crippen LogP contribution < -0.4 is 4.74 Å². The van der Waals surface area contributed by atoms with Gasteiger partial charge in [0.15, 0.2) is 0 Å². The van der Waals surface area contributed by atoms with E-state index in [4.69, 9.17) is 13.9 Å². The summed E-state index contributed by atoms with van der Waals surface area (Å²) in [7, 11) is 0. The number of allylic oxidation sites excluding steroid dienone is 1. The summed E-state index contributed by atoms with van der Waals surface area (Å²) < 4.78 is 17.8. The van der Waals surface area contributed by atoms with Crippen molar-refractivity contribution in [2.45, 2.75) is 71.8 Å². The average molecular weight is 435 g/mol. The molecule has 3 heteroatoms. The minimum absolute atomic E-state index is 0.387. The number of unbranched alkanes of at least 4 members (excludes halogenated alkanes) is 3. The monoisotopic (exact) mass is 434 g/mol. The fourth-order valence-electron chi connectivity index (χ4n) is 3.78. The molecular formula is C29H38O3. The van der Waals surface area contributed by atoms with E-state index in [0.717, 1.165) is 60.5 Å². The molecule has 0 unspecified atom stereocenters. The van der Waals surface area contributed by atoms with Crippen molar-refractivity contribution < 1.29 is 13.9 Å². The van der Waals surface area contributed by atoms with Gasteiger partial charge < -0.3 is 13.9 Å². The highest BCUT2D eigenvalue weighted by atomic mass is 16.5. The minimum Gasteiger partial charge on any atom is -0.484 e. The average Bonchev–Trinajstić information content (AvgIpc) is 3.20. The first-order valence-electron chi connectivity index (χ1n) is 12.1. The Balaban J connectivity index is 1.63. The van der Waals surface area contributed by atoms with E-state index in [-0.39, 0.29) is 5.60 Å². The van der Waals surface area contributed by atoms with Crippen LogP contribution in [0.4, 0.5) is 0 Å². The van der Waals surface area contributed by atoms with Crippen molar-refractivity contribution in [3.05, 3.63) is 66.2 Å². The molecule has 1 aromatic heterocycles. The van der Waals surface area contributed by atoms with Crippen LogP contribution in [0.5, 0.6) is 5.75 Å². The number of benzene rings is 2. The number of furan rings is 1. The molecule has 0 spiro atoms. The van der Waals surface area contributed by atoms with Crippen molar-refractivity contribution in [2.75, 3.05) is 13.2 Å². The van der Waals surface area contributed by atoms with Gasteiger partial charge in [-0.1, -0.05) is 50.1 Å². The second-order valence-electron chi connectivity index (χ2n) is 8.91. The molecule has 0 radical (unpaired) electrons. The van der Waals surface area contributed by atoms with Crippen LogP contribution in [-0.4, -0.2) is 18.8 Å². The minimum atomic E-state index is -0.387. The van der Waals surface area contributed by atoms with Crippen LogP contribution in [0, 0.1) is 0 Å². The molecule has 172 valence electrons. The van der Waals surface area contributed by atoms with Gasteiger partial charge in [0, 0.05) is 30.2 Å². The van der Waals surface area contributed by atoms with Gasteiger partial charge in [-0.05, 0) is 76.3 Å². The third-order valence-corrected chi connectivity index (χ3v) is 5.56. The molecule has 3 nitrogen and oxygen atoms in total. The van der Waals surface area contributed by atoms with Crippen LogP contribution in [0.15, 0.2) is 65.1 Å². The second kappa shape index (κ2) is 11.9. The van der Waals surface area contributed by atoms with Gasteiger partial charge in [0.05, 0.1) is 0 Å². The Morgan fingerprint density at radius 3 is 2.50 bits per heavy atom. The predicted octanol–water partition coefficient (Wildman–Crippen LogP) is 8.36. The van der Waals surface area contributed by atoms with Gasteiger partial charge in [-0.2, -0.15) is 0 Å². The SMILES string of the molecule is CCCCCc1ccc(-c2cc3ccc(OC(C)(C)/C=C/CCCOCC)cc3o2)cc1. The smallest absolute Gasteiger partial charge is 0.138 e. The lowest BCUT2D eigenvalue weighted by Crippen LogP contribution is -2.25. The molecule has 3 aromatic rings. The summed E-state index contributed by atoms with van der Waals surface area (Å²) in [6.07, 6.45) is 11.3. The molecule has 0 saturated heterocycles. The van der Waals surface area contributed by atoms with Crippen LogP contribution in [0.3, 0.4) is 0 Å². The first-order chi connectivity index (χ1) is 15.5. The second-order valence-corrected chi connectivity index (χ2v) is 8.91. The molecule has 0 atom stereocenters. The molecule has 0 saturated carbocycles. The van der Waals surface area contributed by atoms with Gasteiger partial charge in [0.1, 0.15) is 22.7 Å². The maximum Gasteiger partial charge on any atom is 0.138 e. The van der Waals surface area contributed by atoms with Crippen LogP contribution in [-0.2, 0) is 11.2 Å². The summed E-state index contributed by atoms with van der Waals surface area (Å²) in [5, 5.41) is 1.09. The van der Waals surface area contributed by atoms with Crippen LogP contribution in [0.2, 0.25) is 0 Å². The molecule has 1 heterocycles. The topological polar surface area (TPSA) is 31.6 Å². The zero-order chi connectivity index (χ0) is 22.8. The number of rotatable bonds is 13. The molecule has 0 aliphatic rings. The first-order valence-corrected chi connectivity index (χ1v) is 12.1. The zero-order valence-electron chi connectivity index (χ0n) is 20.2. The number of hydrogen-bond acceptors (Lipinski definition) is 3. The number of fused-ring (bicyclic) bond motifs is 1. The lowest BCUT2D eigenvalue weighted by Gasteiger charge is -2.22. The summed E-state index contributed by atoms with van der Waals surface area (Å²) >= 11 is 0. The zero-order valence-corrected chi connectivity index (χ0v) is 20.2. The van der Waals surface area contributed by atoms with E-state index in [2.05, 4.69) is 69.3 Å². The predicted molar refractivity (Wildman–Crippen MR) is 134 cm³/mol. The van der Waals surface area contributed by atoms with E-state index in [1.54, 1.807) is 0 Å². The molecule has 0 aliphatic heterocycles. The largest absolute Gasteiger partial charge is 0.484 e. The molecule has 32 heavy (non-hydrogen) atoms. The molecule has 0 fully saturated rings. The highest BCUT2D eigenvalue weighted by Gasteiger charge is 2.16. The summed E-state index contributed by atoms with van der Waals surface area (Å²) in [6, 6.07) is 16.9. The summed E-state index contributed by atoms with van der Waals surface area (Å²) in [5.41, 5.74) is 2.96. The Bertz CT molecular complexity index is 979. The Kier molecular flexibility index (Phi) is 8.99. The van der Waals surface area contributed by atoms with Crippen molar-refractivity contribution >= 4 is 11.0 Å². The van der Waals surface area contributed by atoms with Gasteiger partial charge in [-0.15, -0.1) is 0 Å². The van der Waals surface area contributed by atoms with E-state index < -0.39 is 0 Å². The van der Waals surface area contributed by atoms with Crippen LogP contribution >= 0.6 is 0 Å². The van der Waals surface area contributed by atoms with Crippen molar-refractivity contribution in [1.29, 1.82) is 0 Å². The normalized spacial score (nSPS) is 12.1. The molecular weight excluding hydrogens is 396 g/mol. The van der Waals surface area contributed by atoms with E-state index in [9.17, 15) is 0 Å². The maximum atomic E-state index is 6.24. The number of ether oxygens (including phenoxy) is 2. The van der Waals surface area contributed by atoms with Crippen LogP contribution in [0.25, 0.3) is 22.3 Å². The Hall–Kier alpha value is -2.52. The highest BCUT2D eigenvalue weighted by Crippen LogP contribution is 2.31. The quantitative estimate of drug-likeness (QED) is 0.200. The number of hydrogen-bond donors (Lipinski definition) is 0. The molecule has 0 bridgehead atoms. The Labute approximate surface area is 193 Å². The van der Waals surface area contributed by atoms with Crippen LogP contribution in [0.1, 0.15) is 65.4 Å². The molecule has 2 aromatic carbocycles. The summed E-state index contributed by atoms with van der Waals surface area (Å²) in [4.78, 5) is 0. The van der Waals surface area contributed by atoms with E-state index in [0.29, 0.717) is 0 Å². The lowest BCUT2D eigenvalue weighted by atomic mass is 10.0. The van der Waals surface area contributed by atoms with E-state index >= 15 is 0 Å². The number of aryl methyl sites for hydroxylation is 1. The third-order valence-electron chi connectivity index (χ3n) is 5.56. The fraction of sp³-hybridized carbons (Fsp3) is 0.448. The van der Waals surface area contributed by atoms with Crippen molar-refractivity contribution in [2.24, 2.45) is 0 Å². The standard InChI is InChI=1S/C29H38O3/c1-5-7-9-12-23-13-15-24(16-14-23)27-21-25-17-18-26(22-28(25)31-27)32-29(3,4)19-10-8-11-20-30-6-2/h10,13-19,21-22H,5-9,11-12,20H2,1-4H3/b19-10+. The van der Waals surface area contributed by atoms with Gasteiger partial charge in [0.2, 0.25) is 0 Å². The van der Waals surface area contributed by atoms with E-state index in [1.165, 1.54) is 24.8 Å². The molecule has 3 rings (SSSR count). The Morgan fingerprint density at radius 2 is 1.75 bits per heavy atom. The van der Waals surface area contributed by atoms with Gasteiger partial charge >= 0.3 is 0 Å². The Morgan fingerprint density at radius 1 is 0.938 bits per heavy atom. The van der Waals surface area contributed by atoms with Gasteiger partial charge in [0.25, 0.3) is 0 Å². The van der Waals surface area contributed by atoms with E-state index in [1.807, 2.05) is 19.1 Å². The molecule has 0 amide bonds. The lowest BCUT2D eigenvalue weighted by molar-refractivity contribution is 0.145. The highest BCUT2D eigenvalue weighted by molar-refractivity contribution is 5.84. The van der Waals surface area contributed by atoms with Gasteiger partial charge in [-0.3, -0.25) is 0 Å². The first kappa shape index (κ1) is 24.1. The summed E-state index contributed by atoms with van der Waals surface area (Å²) in [5.74, 6) is 1.71. The summed E-state index contributed by atoms with van der Waals surface area (Å²) in [6.45, 7) is 10.00. The maximum absolute atomic E-state index is 6.24. The van der Waals surface area contributed by atoms with Crippen molar-refractivity contribution in [1.82, 2.24) is 0 Å². The molecule has 0 aliphatic carbocycles. The van der Waals surface area contributed by atoms with Crippen molar-refractivity contribution in [3.63, 3.8) is 0 Å². The van der Waals surface area contributed by atoms with Gasteiger partial charge in [-0.25, -0.2) is 0 Å². The third kappa shape index (κ3) is 7.27. The molecule has 0 N–H and O–H groups in total. The fourth-order valence-corrected chi connectivity index (χ4v) is 3.78. The van der Waals surface area contributed by atoms with Crippen molar-refractivity contribution in [3.8, 4) is 17.1 Å².